The number of rotatable bonds is 36. The van der Waals surface area contributed by atoms with E-state index in [1.807, 2.05) is 0 Å². The molecule has 3 N–H and O–H groups in total. The molecule has 9 nitrogen and oxygen atoms in total. The van der Waals surface area contributed by atoms with Crippen molar-refractivity contribution in [1.29, 1.82) is 0 Å². The molecule has 0 saturated heterocycles. The van der Waals surface area contributed by atoms with Gasteiger partial charge in [-0.1, -0.05) is 127 Å². The van der Waals surface area contributed by atoms with Crippen LogP contribution in [-0.2, 0) is 32.7 Å². The van der Waals surface area contributed by atoms with Crippen LogP contribution < -0.4 is 5.73 Å². The molecule has 0 aliphatic carbocycles. The number of esters is 2. The van der Waals surface area contributed by atoms with Crippen molar-refractivity contribution >= 4 is 19.8 Å². The van der Waals surface area contributed by atoms with Gasteiger partial charge in [0, 0.05) is 19.4 Å². The number of phosphoric ester groups is 1. The highest BCUT2D eigenvalue weighted by molar-refractivity contribution is 7.47. The zero-order valence-corrected chi connectivity index (χ0v) is 32.1. The number of hydrogen-bond donors (Lipinski definition) is 2. The molecule has 0 aromatic rings. The van der Waals surface area contributed by atoms with E-state index < -0.39 is 32.5 Å². The summed E-state index contributed by atoms with van der Waals surface area (Å²) in [5, 5.41) is 0. The van der Waals surface area contributed by atoms with Gasteiger partial charge in [0.15, 0.2) is 6.10 Å². The first kappa shape index (κ1) is 47.2. The number of phosphoric acid groups is 1. The maximum absolute atomic E-state index is 12.5. The lowest BCUT2D eigenvalue weighted by molar-refractivity contribution is -0.161. The zero-order valence-electron chi connectivity index (χ0n) is 31.2. The molecular weight excluding hydrogens is 641 g/mol. The maximum atomic E-state index is 12.5. The number of hydrogen-bond acceptors (Lipinski definition) is 8. The minimum atomic E-state index is -4.38. The van der Waals surface area contributed by atoms with Crippen molar-refractivity contribution < 1.29 is 37.6 Å². The van der Waals surface area contributed by atoms with E-state index in [2.05, 4.69) is 50.3 Å². The summed E-state index contributed by atoms with van der Waals surface area (Å²) in [7, 11) is -4.38. The van der Waals surface area contributed by atoms with E-state index in [0.29, 0.717) is 6.42 Å². The van der Waals surface area contributed by atoms with Gasteiger partial charge in [-0.2, -0.15) is 0 Å². The van der Waals surface area contributed by atoms with Crippen molar-refractivity contribution in [1.82, 2.24) is 0 Å². The molecule has 0 aromatic carbocycles. The summed E-state index contributed by atoms with van der Waals surface area (Å²) in [4.78, 5) is 34.7. The third kappa shape index (κ3) is 35.8. The zero-order chi connectivity index (χ0) is 36.1. The average molecular weight is 714 g/mol. The normalized spacial score (nSPS) is 13.8. The predicted octanol–water partition coefficient (Wildman–Crippen LogP) is 10.6. The molecule has 1 unspecified atom stereocenters. The fourth-order valence-corrected chi connectivity index (χ4v) is 5.82. The lowest BCUT2D eigenvalue weighted by Crippen LogP contribution is -2.29. The van der Waals surface area contributed by atoms with Gasteiger partial charge in [-0.3, -0.25) is 18.6 Å². The van der Waals surface area contributed by atoms with Crippen LogP contribution in [0.4, 0.5) is 0 Å². The monoisotopic (exact) mass is 713 g/mol. The van der Waals surface area contributed by atoms with Crippen molar-refractivity contribution in [2.75, 3.05) is 26.4 Å². The second-order valence-corrected chi connectivity index (χ2v) is 14.2. The molecule has 0 bridgehead atoms. The van der Waals surface area contributed by atoms with E-state index in [-0.39, 0.29) is 32.6 Å². The molecule has 0 radical (unpaired) electrons. The molecular formula is C39H72NO8P. The van der Waals surface area contributed by atoms with Crippen LogP contribution in [0.1, 0.15) is 168 Å². The molecule has 286 valence electrons. The van der Waals surface area contributed by atoms with Gasteiger partial charge in [-0.15, -0.1) is 0 Å². The second kappa shape index (κ2) is 36.0. The van der Waals surface area contributed by atoms with E-state index in [1.54, 1.807) is 0 Å². The third-order valence-electron chi connectivity index (χ3n) is 8.00. The third-order valence-corrected chi connectivity index (χ3v) is 8.98. The van der Waals surface area contributed by atoms with Crippen LogP contribution in [0.25, 0.3) is 0 Å². The Labute approximate surface area is 299 Å². The highest BCUT2D eigenvalue weighted by atomic mass is 31.2. The highest BCUT2D eigenvalue weighted by Crippen LogP contribution is 2.43. The Morgan fingerprint density at radius 1 is 0.612 bits per heavy atom. The summed E-state index contributed by atoms with van der Waals surface area (Å²) < 4.78 is 32.6. The Kier molecular flexibility index (Phi) is 34.7. The molecule has 0 rings (SSSR count). The largest absolute Gasteiger partial charge is 0.472 e. The number of allylic oxidation sites excluding steroid dienone is 6. The molecule has 49 heavy (non-hydrogen) atoms. The maximum Gasteiger partial charge on any atom is 0.472 e. The Morgan fingerprint density at radius 2 is 1.08 bits per heavy atom. The standard InChI is InChI=1S/C39H72NO8P/c1-3-5-7-9-11-13-15-17-19-21-23-25-27-29-31-38(41)45-35-37(36-47-49(43,44)46-34-33-40)48-39(42)32-30-28-26-24-22-20-18-16-14-12-10-8-6-4-2/h10,12,15-18,37H,3-9,11,13-14,19-36,40H2,1-2H3,(H,43,44)/b12-10+,17-15+,18-16+/t37-/m1/s1. The topological polar surface area (TPSA) is 134 Å². The van der Waals surface area contributed by atoms with E-state index in [1.165, 1.54) is 51.4 Å². The van der Waals surface area contributed by atoms with Gasteiger partial charge in [0.2, 0.25) is 0 Å². The summed E-state index contributed by atoms with van der Waals surface area (Å²) in [5.41, 5.74) is 5.33. The molecule has 0 spiro atoms. The van der Waals surface area contributed by atoms with E-state index in [0.717, 1.165) is 83.5 Å². The number of nitrogens with two attached hydrogens (primary N) is 1. The summed E-state index contributed by atoms with van der Waals surface area (Å²) in [6.45, 7) is 3.64. The first-order chi connectivity index (χ1) is 23.8. The van der Waals surface area contributed by atoms with Gasteiger partial charge in [0.25, 0.3) is 0 Å². The number of carbonyl (C=O) groups is 2. The van der Waals surface area contributed by atoms with Crippen molar-refractivity contribution in [3.8, 4) is 0 Å². The number of carbonyl (C=O) groups excluding carboxylic acids is 2. The van der Waals surface area contributed by atoms with Crippen molar-refractivity contribution in [3.63, 3.8) is 0 Å². The molecule has 0 saturated carbocycles. The van der Waals surface area contributed by atoms with Gasteiger partial charge in [0.05, 0.1) is 13.2 Å². The molecule has 0 fully saturated rings. The Balaban J connectivity index is 4.25. The molecule has 0 amide bonds. The van der Waals surface area contributed by atoms with Crippen LogP contribution in [0, 0.1) is 0 Å². The number of unbranched alkanes of at least 4 members (excludes halogenated alkanes) is 17. The van der Waals surface area contributed by atoms with Crippen LogP contribution >= 0.6 is 7.82 Å². The van der Waals surface area contributed by atoms with Gasteiger partial charge in [-0.25, -0.2) is 4.57 Å². The quantitative estimate of drug-likeness (QED) is 0.0281. The van der Waals surface area contributed by atoms with Crippen LogP contribution in [0.15, 0.2) is 36.5 Å². The van der Waals surface area contributed by atoms with Crippen molar-refractivity contribution in [3.05, 3.63) is 36.5 Å². The summed E-state index contributed by atoms with van der Waals surface area (Å²) in [6.07, 6.45) is 37.4. The molecule has 0 aromatic heterocycles. The Bertz CT molecular complexity index is 907. The van der Waals surface area contributed by atoms with Gasteiger partial charge < -0.3 is 20.1 Å². The van der Waals surface area contributed by atoms with E-state index in [9.17, 15) is 19.0 Å². The summed E-state index contributed by atoms with van der Waals surface area (Å²) >= 11 is 0. The van der Waals surface area contributed by atoms with Gasteiger partial charge in [-0.05, 0) is 64.2 Å². The van der Waals surface area contributed by atoms with E-state index in [4.69, 9.17) is 24.3 Å². The SMILES string of the molecule is CCCC/C=C/C/C=C/CCCCCCCC(=O)O[C@H](COC(=O)CCCCCCC/C=C/CCCCCCC)COP(=O)(O)OCCN. The van der Waals surface area contributed by atoms with Crippen LogP contribution in [0.5, 0.6) is 0 Å². The molecule has 2 atom stereocenters. The molecule has 0 aliphatic heterocycles. The highest BCUT2D eigenvalue weighted by Gasteiger charge is 2.25. The minimum Gasteiger partial charge on any atom is -0.462 e. The molecule has 0 aliphatic rings. The lowest BCUT2D eigenvalue weighted by Gasteiger charge is -2.19. The fraction of sp³-hybridized carbons (Fsp3) is 0.795. The first-order valence-corrected chi connectivity index (χ1v) is 21.0. The summed E-state index contributed by atoms with van der Waals surface area (Å²) in [5.74, 6) is -0.857. The number of ether oxygens (including phenoxy) is 2. The minimum absolute atomic E-state index is 0.0493. The van der Waals surface area contributed by atoms with Gasteiger partial charge in [0.1, 0.15) is 6.61 Å². The van der Waals surface area contributed by atoms with Crippen LogP contribution in [0.3, 0.4) is 0 Å². The van der Waals surface area contributed by atoms with E-state index >= 15 is 0 Å². The lowest BCUT2D eigenvalue weighted by atomic mass is 10.1. The second-order valence-electron chi connectivity index (χ2n) is 12.8. The Hall–Kier alpha value is -1.77. The van der Waals surface area contributed by atoms with Crippen LogP contribution in [-0.4, -0.2) is 49.3 Å². The first-order valence-electron chi connectivity index (χ1n) is 19.5. The average Bonchev–Trinajstić information content (AvgIpc) is 3.08. The predicted molar refractivity (Wildman–Crippen MR) is 201 cm³/mol. The van der Waals surface area contributed by atoms with Crippen molar-refractivity contribution in [2.45, 2.75) is 174 Å². The summed E-state index contributed by atoms with van der Waals surface area (Å²) in [6, 6.07) is 0. The van der Waals surface area contributed by atoms with Crippen molar-refractivity contribution in [2.24, 2.45) is 5.73 Å². The molecule has 10 heteroatoms. The van der Waals surface area contributed by atoms with Gasteiger partial charge >= 0.3 is 19.8 Å². The fourth-order valence-electron chi connectivity index (χ4n) is 5.06. The molecule has 0 heterocycles. The smallest absolute Gasteiger partial charge is 0.462 e. The van der Waals surface area contributed by atoms with Crippen LogP contribution in [0.2, 0.25) is 0 Å². The Morgan fingerprint density at radius 3 is 1.63 bits per heavy atom.